The first-order chi connectivity index (χ1) is 9.19. The van der Waals surface area contributed by atoms with E-state index in [1.165, 1.54) is 11.3 Å². The van der Waals surface area contributed by atoms with Gasteiger partial charge >= 0.3 is 0 Å². The van der Waals surface area contributed by atoms with Crippen molar-refractivity contribution in [1.29, 1.82) is 0 Å². The monoisotopic (exact) mass is 275 g/mol. The van der Waals surface area contributed by atoms with E-state index in [2.05, 4.69) is 12.2 Å². The number of carbonyl (C=O) groups excluding carboxylic acids is 1. The maximum absolute atomic E-state index is 11.9. The lowest BCUT2D eigenvalue weighted by Gasteiger charge is -2.12. The Morgan fingerprint density at radius 3 is 2.63 bits per heavy atom. The molecule has 1 atom stereocenters. The summed E-state index contributed by atoms with van der Waals surface area (Å²) >= 11 is 1.43. The van der Waals surface area contributed by atoms with E-state index in [9.17, 15) is 4.79 Å². The zero-order chi connectivity index (χ0) is 13.7. The zero-order valence-electron chi connectivity index (χ0n) is 11.1. The second-order valence-corrected chi connectivity index (χ2v) is 5.24. The van der Waals surface area contributed by atoms with Crippen LogP contribution in [0.3, 0.4) is 0 Å². The first kappa shape index (κ1) is 13.6. The predicted octanol–water partition coefficient (Wildman–Crippen LogP) is 4.18. The van der Waals surface area contributed by atoms with Gasteiger partial charge in [0.25, 0.3) is 5.91 Å². The molecular formula is C15H17NO2S. The Hall–Kier alpha value is -1.81. The van der Waals surface area contributed by atoms with Gasteiger partial charge in [-0.25, -0.2) is 0 Å². The standard InChI is InChI=1S/C15H17NO2S/c1-3-11(2)18-13-8-6-12(7-9-13)16-15(17)14-5-4-10-19-14/h4-11H,3H2,1-2H3,(H,16,17)/t11-/m0/s1. The summed E-state index contributed by atoms with van der Waals surface area (Å²) in [6, 6.07) is 11.1. The average Bonchev–Trinajstić information content (AvgIpc) is 2.95. The lowest BCUT2D eigenvalue weighted by Crippen LogP contribution is -2.11. The summed E-state index contributed by atoms with van der Waals surface area (Å²) in [5.74, 6) is 0.745. The Kier molecular flexibility index (Phi) is 4.58. The largest absolute Gasteiger partial charge is 0.491 e. The molecule has 0 saturated heterocycles. The quantitative estimate of drug-likeness (QED) is 0.889. The van der Waals surface area contributed by atoms with Gasteiger partial charge in [0.2, 0.25) is 0 Å². The van der Waals surface area contributed by atoms with E-state index >= 15 is 0 Å². The fourth-order valence-corrected chi connectivity index (χ4v) is 2.15. The van der Waals surface area contributed by atoms with Crippen molar-refractivity contribution in [2.45, 2.75) is 26.4 Å². The number of benzene rings is 1. The number of rotatable bonds is 5. The molecule has 2 aromatic rings. The van der Waals surface area contributed by atoms with Crippen molar-refractivity contribution >= 4 is 22.9 Å². The van der Waals surface area contributed by atoms with Gasteiger partial charge in [0.05, 0.1) is 11.0 Å². The molecule has 1 heterocycles. The Morgan fingerprint density at radius 2 is 2.05 bits per heavy atom. The molecule has 4 heteroatoms. The third-order valence-electron chi connectivity index (χ3n) is 2.77. The average molecular weight is 275 g/mol. The lowest BCUT2D eigenvalue weighted by atomic mass is 10.2. The van der Waals surface area contributed by atoms with Crippen molar-refractivity contribution in [2.75, 3.05) is 5.32 Å². The van der Waals surface area contributed by atoms with Gasteiger partial charge in [-0.15, -0.1) is 11.3 Å². The third-order valence-corrected chi connectivity index (χ3v) is 3.64. The van der Waals surface area contributed by atoms with E-state index in [4.69, 9.17) is 4.74 Å². The smallest absolute Gasteiger partial charge is 0.265 e. The van der Waals surface area contributed by atoms with Crippen LogP contribution in [0.5, 0.6) is 5.75 Å². The highest BCUT2D eigenvalue weighted by Crippen LogP contribution is 2.19. The molecule has 0 radical (unpaired) electrons. The molecule has 0 saturated carbocycles. The van der Waals surface area contributed by atoms with Crippen LogP contribution in [0.1, 0.15) is 29.9 Å². The molecule has 0 unspecified atom stereocenters. The maximum Gasteiger partial charge on any atom is 0.265 e. The third kappa shape index (κ3) is 3.83. The number of ether oxygens (including phenoxy) is 1. The molecule has 1 amide bonds. The van der Waals surface area contributed by atoms with Gasteiger partial charge in [-0.3, -0.25) is 4.79 Å². The summed E-state index contributed by atoms with van der Waals surface area (Å²) in [6.45, 7) is 4.12. The second-order valence-electron chi connectivity index (χ2n) is 4.29. The minimum atomic E-state index is -0.0782. The minimum absolute atomic E-state index is 0.0782. The number of hydrogen-bond acceptors (Lipinski definition) is 3. The van der Waals surface area contributed by atoms with Crippen LogP contribution in [0, 0.1) is 0 Å². The molecule has 0 aliphatic rings. The Labute approximate surface area is 117 Å². The molecule has 2 rings (SSSR count). The molecule has 3 nitrogen and oxygen atoms in total. The van der Waals surface area contributed by atoms with Gasteiger partial charge in [-0.1, -0.05) is 13.0 Å². The number of carbonyl (C=O) groups is 1. The van der Waals surface area contributed by atoms with Crippen molar-refractivity contribution in [1.82, 2.24) is 0 Å². The fourth-order valence-electron chi connectivity index (χ4n) is 1.53. The summed E-state index contributed by atoms with van der Waals surface area (Å²) in [4.78, 5) is 12.6. The summed E-state index contributed by atoms with van der Waals surface area (Å²) in [5.41, 5.74) is 0.773. The first-order valence-electron chi connectivity index (χ1n) is 6.30. The maximum atomic E-state index is 11.9. The van der Waals surface area contributed by atoms with Gasteiger partial charge in [0, 0.05) is 5.69 Å². The molecule has 100 valence electrons. The van der Waals surface area contributed by atoms with Gasteiger partial charge in [-0.2, -0.15) is 0 Å². The highest BCUT2D eigenvalue weighted by molar-refractivity contribution is 7.12. The molecule has 19 heavy (non-hydrogen) atoms. The number of nitrogens with one attached hydrogen (secondary N) is 1. The fraction of sp³-hybridized carbons (Fsp3) is 0.267. The molecule has 1 aromatic heterocycles. The van der Waals surface area contributed by atoms with Crippen molar-refractivity contribution in [2.24, 2.45) is 0 Å². The van der Waals surface area contributed by atoms with Crippen LogP contribution in [-0.2, 0) is 0 Å². The van der Waals surface area contributed by atoms with Crippen molar-refractivity contribution in [3.63, 3.8) is 0 Å². The van der Waals surface area contributed by atoms with E-state index in [-0.39, 0.29) is 12.0 Å². The van der Waals surface area contributed by atoms with Gasteiger partial charge in [0.15, 0.2) is 0 Å². The van der Waals surface area contributed by atoms with Crippen LogP contribution in [-0.4, -0.2) is 12.0 Å². The highest BCUT2D eigenvalue weighted by Gasteiger charge is 2.07. The van der Waals surface area contributed by atoms with Crippen LogP contribution in [0.4, 0.5) is 5.69 Å². The number of anilines is 1. The Morgan fingerprint density at radius 1 is 1.32 bits per heavy atom. The summed E-state index contributed by atoms with van der Waals surface area (Å²) in [5, 5.41) is 4.74. The predicted molar refractivity (Wildman–Crippen MR) is 79.1 cm³/mol. The van der Waals surface area contributed by atoms with Crippen LogP contribution >= 0.6 is 11.3 Å². The molecule has 1 aromatic carbocycles. The summed E-state index contributed by atoms with van der Waals surface area (Å²) in [7, 11) is 0. The number of thiophene rings is 1. The van der Waals surface area contributed by atoms with E-state index < -0.39 is 0 Å². The van der Waals surface area contributed by atoms with Crippen molar-refractivity contribution in [3.8, 4) is 5.75 Å². The van der Waals surface area contributed by atoms with Crippen LogP contribution < -0.4 is 10.1 Å². The van der Waals surface area contributed by atoms with Crippen molar-refractivity contribution in [3.05, 3.63) is 46.7 Å². The van der Waals surface area contributed by atoms with Crippen molar-refractivity contribution < 1.29 is 9.53 Å². The Balaban J connectivity index is 1.97. The molecule has 0 aliphatic carbocycles. The van der Waals surface area contributed by atoms with Crippen LogP contribution in [0.15, 0.2) is 41.8 Å². The summed E-state index contributed by atoms with van der Waals surface area (Å²) in [6.07, 6.45) is 1.17. The molecule has 0 bridgehead atoms. The van der Waals surface area contributed by atoms with Gasteiger partial charge < -0.3 is 10.1 Å². The molecule has 0 spiro atoms. The molecule has 1 N–H and O–H groups in total. The highest BCUT2D eigenvalue weighted by atomic mass is 32.1. The van der Waals surface area contributed by atoms with Gasteiger partial charge in [-0.05, 0) is 49.1 Å². The minimum Gasteiger partial charge on any atom is -0.491 e. The van der Waals surface area contributed by atoms with E-state index in [0.717, 1.165) is 17.9 Å². The Bertz CT molecular complexity index is 520. The number of hydrogen-bond donors (Lipinski definition) is 1. The molecular weight excluding hydrogens is 258 g/mol. The van der Waals surface area contributed by atoms with Gasteiger partial charge in [0.1, 0.15) is 5.75 Å². The topological polar surface area (TPSA) is 38.3 Å². The van der Waals surface area contributed by atoms with E-state index in [1.54, 1.807) is 6.07 Å². The van der Waals surface area contributed by atoms with Crippen LogP contribution in [0.25, 0.3) is 0 Å². The zero-order valence-corrected chi connectivity index (χ0v) is 11.9. The number of amides is 1. The normalized spacial score (nSPS) is 11.9. The van der Waals surface area contributed by atoms with Crippen LogP contribution in [0.2, 0.25) is 0 Å². The second kappa shape index (κ2) is 6.38. The van der Waals surface area contributed by atoms with E-state index in [1.807, 2.05) is 42.6 Å². The lowest BCUT2D eigenvalue weighted by molar-refractivity contribution is 0.103. The molecule has 0 fully saturated rings. The SMILES string of the molecule is CC[C@H](C)Oc1ccc(NC(=O)c2cccs2)cc1. The first-order valence-corrected chi connectivity index (χ1v) is 7.18. The van der Waals surface area contributed by atoms with E-state index in [0.29, 0.717) is 4.88 Å². The summed E-state index contributed by atoms with van der Waals surface area (Å²) < 4.78 is 5.69. The molecule has 0 aliphatic heterocycles.